The van der Waals surface area contributed by atoms with Gasteiger partial charge in [-0.1, -0.05) is 17.7 Å². The zero-order chi connectivity index (χ0) is 6.78. The smallest absolute Gasteiger partial charge is 0.182 e. The van der Waals surface area contributed by atoms with E-state index < -0.39 is 10.4 Å². The molecule has 4 heteroatoms. The van der Waals surface area contributed by atoms with Crippen molar-refractivity contribution in [3.8, 4) is 0 Å². The predicted octanol–water partition coefficient (Wildman–Crippen LogP) is 2.96. The third-order valence-corrected chi connectivity index (χ3v) is 1.28. The molecule has 48 valence electrons. The molecule has 0 saturated carbocycles. The molecule has 0 unspecified atom stereocenters. The fraction of sp³-hybridized carbons (Fsp3) is 0.500. The van der Waals surface area contributed by atoms with Gasteiger partial charge in [0.2, 0.25) is 0 Å². The molecule has 0 aliphatic carbocycles. The monoisotopic (exact) mass is 160 g/mol. The highest BCUT2D eigenvalue weighted by Gasteiger charge is 2.28. The van der Waals surface area contributed by atoms with Crippen LogP contribution >= 0.6 is 23.2 Å². The van der Waals surface area contributed by atoms with Crippen LogP contribution < -0.4 is 0 Å². The molecule has 0 rings (SSSR count). The van der Waals surface area contributed by atoms with Gasteiger partial charge in [-0.3, -0.25) is 0 Å². The number of halogens is 4. The largest absolute Gasteiger partial charge is 0.358 e. The highest BCUT2D eigenvalue weighted by Crippen LogP contribution is 2.30. The molecule has 0 aliphatic rings. The van der Waals surface area contributed by atoms with E-state index in [0.717, 1.165) is 6.08 Å². The lowest BCUT2D eigenvalue weighted by atomic mass is 10.5. The summed E-state index contributed by atoms with van der Waals surface area (Å²) in [5.74, 6) is 0. The van der Waals surface area contributed by atoms with Crippen LogP contribution in [0.2, 0.25) is 0 Å². The molecule has 0 heterocycles. The molecule has 0 fully saturated rings. The summed E-state index contributed by atoms with van der Waals surface area (Å²) in [7, 11) is 0. The second-order valence-corrected chi connectivity index (χ2v) is 2.02. The van der Waals surface area contributed by atoms with E-state index in [1.165, 1.54) is 6.92 Å². The molecule has 0 aromatic rings. The van der Waals surface area contributed by atoms with Crippen molar-refractivity contribution in [3.63, 3.8) is 0 Å². The molecule has 0 spiro atoms. The summed E-state index contributed by atoms with van der Waals surface area (Å²) in [6, 6.07) is 0. The minimum absolute atomic E-state index is 0.640. The normalized spacial score (nSPS) is 14.4. The molecule has 8 heavy (non-hydrogen) atoms. The molecule has 0 N–H and O–H groups in total. The van der Waals surface area contributed by atoms with Gasteiger partial charge in [0, 0.05) is 0 Å². The maximum Gasteiger partial charge on any atom is 0.358 e. The Morgan fingerprint density at radius 2 is 2.00 bits per heavy atom. The maximum atomic E-state index is 11.7. The summed E-state index contributed by atoms with van der Waals surface area (Å²) < 4.78 is 23.4. The SMILES string of the molecule is CC=C(Cl)C(F)(F)Cl. The third kappa shape index (κ3) is 2.48. The lowest BCUT2D eigenvalue weighted by molar-refractivity contribution is 0.147. The van der Waals surface area contributed by atoms with Crippen molar-refractivity contribution in [2.24, 2.45) is 0 Å². The van der Waals surface area contributed by atoms with Gasteiger partial charge >= 0.3 is 5.38 Å². The van der Waals surface area contributed by atoms with E-state index in [9.17, 15) is 8.78 Å². The number of alkyl halides is 3. The van der Waals surface area contributed by atoms with E-state index in [1.54, 1.807) is 0 Å². The van der Waals surface area contributed by atoms with Gasteiger partial charge in [-0.05, 0) is 18.5 Å². The van der Waals surface area contributed by atoms with Crippen molar-refractivity contribution >= 4 is 23.2 Å². The van der Waals surface area contributed by atoms with Crippen LogP contribution in [0.3, 0.4) is 0 Å². The molecular formula is C4H4Cl2F2. The second-order valence-electron chi connectivity index (χ2n) is 1.13. The molecule has 0 saturated heterocycles. The van der Waals surface area contributed by atoms with Crippen molar-refractivity contribution in [2.45, 2.75) is 12.3 Å². The molecule has 0 atom stereocenters. The summed E-state index contributed by atoms with van der Waals surface area (Å²) >= 11 is 9.37. The van der Waals surface area contributed by atoms with Crippen molar-refractivity contribution in [2.75, 3.05) is 0 Å². The predicted molar refractivity (Wildman–Crippen MR) is 30.4 cm³/mol. The van der Waals surface area contributed by atoms with Crippen LogP contribution in [0.5, 0.6) is 0 Å². The van der Waals surface area contributed by atoms with Gasteiger partial charge in [0.15, 0.2) is 0 Å². The van der Waals surface area contributed by atoms with E-state index in [2.05, 4.69) is 11.6 Å². The van der Waals surface area contributed by atoms with Gasteiger partial charge in [-0.15, -0.1) is 0 Å². The molecule has 0 bridgehead atoms. The van der Waals surface area contributed by atoms with E-state index in [-0.39, 0.29) is 0 Å². The first-order valence-electron chi connectivity index (χ1n) is 1.87. The Hall–Kier alpha value is 0.180. The first-order chi connectivity index (χ1) is 3.48. The minimum Gasteiger partial charge on any atom is -0.182 e. The van der Waals surface area contributed by atoms with Crippen molar-refractivity contribution < 1.29 is 8.78 Å². The summed E-state index contributed by atoms with van der Waals surface area (Å²) in [5, 5.41) is -4.03. The Morgan fingerprint density at radius 1 is 1.62 bits per heavy atom. The summed E-state index contributed by atoms with van der Waals surface area (Å²) in [6.07, 6.45) is 1.05. The molecule has 0 radical (unpaired) electrons. The summed E-state index contributed by atoms with van der Waals surface area (Å²) in [5.41, 5.74) is 0. The minimum atomic E-state index is -3.39. The molecule has 0 aromatic carbocycles. The number of hydrogen-bond acceptors (Lipinski definition) is 0. The zero-order valence-electron chi connectivity index (χ0n) is 4.09. The average molecular weight is 161 g/mol. The Bertz CT molecular complexity index is 103. The van der Waals surface area contributed by atoms with Gasteiger partial charge in [0.1, 0.15) is 0 Å². The van der Waals surface area contributed by atoms with Crippen LogP contribution in [-0.2, 0) is 0 Å². The van der Waals surface area contributed by atoms with Crippen LogP contribution in [-0.4, -0.2) is 5.38 Å². The standard InChI is InChI=1S/C4H4Cl2F2/c1-2-3(5)4(6,7)8/h2H,1H3. The molecule has 0 aromatic heterocycles. The van der Waals surface area contributed by atoms with Gasteiger partial charge in [0.25, 0.3) is 0 Å². The fourth-order valence-electron chi connectivity index (χ4n) is 0.164. The number of rotatable bonds is 1. The topological polar surface area (TPSA) is 0 Å². The Labute approximate surface area is 56.1 Å². The first kappa shape index (κ1) is 8.18. The summed E-state index contributed by atoms with van der Waals surface area (Å²) in [6.45, 7) is 1.39. The van der Waals surface area contributed by atoms with Crippen LogP contribution in [0, 0.1) is 0 Å². The Kier molecular flexibility index (Phi) is 2.71. The molecule has 0 amide bonds. The lowest BCUT2D eigenvalue weighted by Crippen LogP contribution is -2.04. The molecule has 0 aliphatic heterocycles. The quantitative estimate of drug-likeness (QED) is 0.518. The summed E-state index contributed by atoms with van der Waals surface area (Å²) in [4.78, 5) is 0. The van der Waals surface area contributed by atoms with Crippen LogP contribution in [0.25, 0.3) is 0 Å². The van der Waals surface area contributed by atoms with Crippen molar-refractivity contribution in [1.29, 1.82) is 0 Å². The van der Waals surface area contributed by atoms with Crippen LogP contribution in [0.15, 0.2) is 11.1 Å². The van der Waals surface area contributed by atoms with Gasteiger partial charge in [-0.25, -0.2) is 0 Å². The maximum absolute atomic E-state index is 11.7. The highest BCUT2D eigenvalue weighted by molar-refractivity contribution is 6.38. The van der Waals surface area contributed by atoms with Gasteiger partial charge in [-0.2, -0.15) is 8.78 Å². The second kappa shape index (κ2) is 2.65. The lowest BCUT2D eigenvalue weighted by Gasteiger charge is -2.02. The Morgan fingerprint density at radius 3 is 2.00 bits per heavy atom. The van der Waals surface area contributed by atoms with Crippen molar-refractivity contribution in [3.05, 3.63) is 11.1 Å². The van der Waals surface area contributed by atoms with Gasteiger partial charge in [0.05, 0.1) is 5.03 Å². The average Bonchev–Trinajstić information content (AvgIpc) is 1.62. The van der Waals surface area contributed by atoms with Crippen molar-refractivity contribution in [1.82, 2.24) is 0 Å². The molecule has 0 nitrogen and oxygen atoms in total. The van der Waals surface area contributed by atoms with Gasteiger partial charge < -0.3 is 0 Å². The molecular weight excluding hydrogens is 157 g/mol. The zero-order valence-corrected chi connectivity index (χ0v) is 5.60. The van der Waals surface area contributed by atoms with Crippen LogP contribution in [0.4, 0.5) is 8.78 Å². The highest BCUT2D eigenvalue weighted by atomic mass is 35.5. The Balaban J connectivity index is 4.03. The van der Waals surface area contributed by atoms with Crippen LogP contribution in [0.1, 0.15) is 6.92 Å². The fourth-order valence-corrected chi connectivity index (χ4v) is 0.273. The number of allylic oxidation sites excluding steroid dienone is 2. The first-order valence-corrected chi connectivity index (χ1v) is 2.63. The number of hydrogen-bond donors (Lipinski definition) is 0. The van der Waals surface area contributed by atoms with E-state index in [1.807, 2.05) is 0 Å². The van der Waals surface area contributed by atoms with E-state index >= 15 is 0 Å². The third-order valence-electron chi connectivity index (χ3n) is 0.524. The van der Waals surface area contributed by atoms with E-state index in [0.29, 0.717) is 0 Å². The van der Waals surface area contributed by atoms with E-state index in [4.69, 9.17) is 11.6 Å².